The van der Waals surface area contributed by atoms with E-state index in [9.17, 15) is 0 Å². The predicted molar refractivity (Wildman–Crippen MR) is 75.1 cm³/mol. The van der Waals surface area contributed by atoms with Gasteiger partial charge in [-0.25, -0.2) is 0 Å². The quantitative estimate of drug-likeness (QED) is 0.873. The molecule has 0 aliphatic carbocycles. The molecule has 102 valence electrons. The van der Waals surface area contributed by atoms with Gasteiger partial charge in [-0.15, -0.1) is 0 Å². The molecule has 0 amide bonds. The van der Waals surface area contributed by atoms with Crippen LogP contribution in [0.5, 0.6) is 11.5 Å². The van der Waals surface area contributed by atoms with Crippen molar-refractivity contribution in [3.63, 3.8) is 0 Å². The Morgan fingerprint density at radius 3 is 2.33 bits per heavy atom. The molecule has 3 nitrogen and oxygen atoms in total. The van der Waals surface area contributed by atoms with E-state index in [1.54, 1.807) is 0 Å². The zero-order valence-electron chi connectivity index (χ0n) is 12.1. The van der Waals surface area contributed by atoms with Crippen LogP contribution in [-0.2, 0) is 0 Å². The lowest BCUT2D eigenvalue weighted by Gasteiger charge is -2.34. The van der Waals surface area contributed by atoms with Gasteiger partial charge in [0.2, 0.25) is 0 Å². The number of nitrogens with two attached hydrogens (primary N) is 1. The van der Waals surface area contributed by atoms with Crippen molar-refractivity contribution in [3.8, 4) is 11.5 Å². The lowest BCUT2D eigenvalue weighted by molar-refractivity contribution is 0.0681. The molecule has 0 saturated carbocycles. The van der Waals surface area contributed by atoms with Crippen molar-refractivity contribution in [3.05, 3.63) is 24.3 Å². The summed E-state index contributed by atoms with van der Waals surface area (Å²) in [6.45, 7) is 11.0. The predicted octanol–water partition coefficient (Wildman–Crippen LogP) is 3.23. The topological polar surface area (TPSA) is 44.5 Å². The van der Waals surface area contributed by atoms with Gasteiger partial charge in [0, 0.05) is 17.5 Å². The SMILES string of the molecule is CCOc1cccc(OC(C(C)N)C(C)(C)C)c1. The molecule has 1 rings (SSSR count). The molecule has 0 aliphatic rings. The highest BCUT2D eigenvalue weighted by molar-refractivity contribution is 5.33. The van der Waals surface area contributed by atoms with Gasteiger partial charge in [-0.2, -0.15) is 0 Å². The Bertz CT molecular complexity index is 369. The van der Waals surface area contributed by atoms with Crippen LogP contribution in [0.4, 0.5) is 0 Å². The first kappa shape index (κ1) is 14.8. The van der Waals surface area contributed by atoms with Crippen LogP contribution in [-0.4, -0.2) is 18.8 Å². The summed E-state index contributed by atoms with van der Waals surface area (Å²) in [5.41, 5.74) is 6.01. The number of hydrogen-bond acceptors (Lipinski definition) is 3. The van der Waals surface area contributed by atoms with E-state index >= 15 is 0 Å². The Kier molecular flexibility index (Phi) is 5.03. The third-order valence-electron chi connectivity index (χ3n) is 2.71. The maximum Gasteiger partial charge on any atom is 0.123 e. The fourth-order valence-corrected chi connectivity index (χ4v) is 2.02. The highest BCUT2D eigenvalue weighted by atomic mass is 16.5. The molecule has 2 N–H and O–H groups in total. The zero-order chi connectivity index (χ0) is 13.8. The summed E-state index contributed by atoms with van der Waals surface area (Å²) in [5.74, 6) is 1.63. The van der Waals surface area contributed by atoms with Crippen LogP contribution in [0.3, 0.4) is 0 Å². The Morgan fingerprint density at radius 2 is 1.83 bits per heavy atom. The van der Waals surface area contributed by atoms with Crippen molar-refractivity contribution in [1.82, 2.24) is 0 Å². The molecule has 0 bridgehead atoms. The third kappa shape index (κ3) is 4.22. The second-order valence-electron chi connectivity index (χ2n) is 5.67. The summed E-state index contributed by atoms with van der Waals surface area (Å²) in [6, 6.07) is 7.67. The molecule has 0 saturated heterocycles. The molecule has 3 heteroatoms. The normalized spacial score (nSPS) is 15.0. The first-order chi connectivity index (χ1) is 8.34. The van der Waals surface area contributed by atoms with E-state index in [0.717, 1.165) is 11.5 Å². The van der Waals surface area contributed by atoms with Gasteiger partial charge in [0.05, 0.1) is 6.61 Å². The van der Waals surface area contributed by atoms with E-state index in [0.29, 0.717) is 6.61 Å². The molecule has 0 heterocycles. The first-order valence-corrected chi connectivity index (χ1v) is 6.49. The maximum atomic E-state index is 6.02. The second kappa shape index (κ2) is 6.10. The van der Waals surface area contributed by atoms with Gasteiger partial charge < -0.3 is 15.2 Å². The van der Waals surface area contributed by atoms with Gasteiger partial charge in [0.25, 0.3) is 0 Å². The molecule has 2 unspecified atom stereocenters. The smallest absolute Gasteiger partial charge is 0.123 e. The standard InChI is InChI=1S/C15H25NO2/c1-6-17-12-8-7-9-13(10-12)18-14(11(2)16)15(3,4)5/h7-11,14H,6,16H2,1-5H3. The van der Waals surface area contributed by atoms with Gasteiger partial charge in [-0.1, -0.05) is 26.8 Å². The number of benzene rings is 1. The Labute approximate surface area is 110 Å². The molecular formula is C15H25NO2. The van der Waals surface area contributed by atoms with Crippen molar-refractivity contribution in [1.29, 1.82) is 0 Å². The number of hydrogen-bond donors (Lipinski definition) is 1. The summed E-state index contributed by atoms with van der Waals surface area (Å²) in [6.07, 6.45) is -0.0330. The van der Waals surface area contributed by atoms with Gasteiger partial charge in [-0.3, -0.25) is 0 Å². The summed E-state index contributed by atoms with van der Waals surface area (Å²) >= 11 is 0. The fourth-order valence-electron chi connectivity index (χ4n) is 2.02. The minimum absolute atomic E-state index is 0.00418. The minimum Gasteiger partial charge on any atom is -0.494 e. The van der Waals surface area contributed by atoms with Gasteiger partial charge >= 0.3 is 0 Å². The van der Waals surface area contributed by atoms with Crippen molar-refractivity contribution in [2.24, 2.45) is 11.1 Å². The minimum atomic E-state index is -0.0330. The number of ether oxygens (including phenoxy) is 2. The van der Waals surface area contributed by atoms with Crippen LogP contribution in [0, 0.1) is 5.41 Å². The molecule has 0 aromatic heterocycles. The van der Waals surface area contributed by atoms with Crippen LogP contribution in [0.2, 0.25) is 0 Å². The van der Waals surface area contributed by atoms with Crippen molar-refractivity contribution in [2.45, 2.75) is 46.8 Å². The van der Waals surface area contributed by atoms with Crippen LogP contribution < -0.4 is 15.2 Å². The Morgan fingerprint density at radius 1 is 1.22 bits per heavy atom. The molecule has 1 aromatic carbocycles. The van der Waals surface area contributed by atoms with Crippen molar-refractivity contribution in [2.75, 3.05) is 6.61 Å². The van der Waals surface area contributed by atoms with Crippen LogP contribution in [0.15, 0.2) is 24.3 Å². The second-order valence-corrected chi connectivity index (χ2v) is 5.67. The maximum absolute atomic E-state index is 6.02. The molecule has 0 aliphatic heterocycles. The summed E-state index contributed by atoms with van der Waals surface area (Å²) < 4.78 is 11.5. The van der Waals surface area contributed by atoms with E-state index in [4.69, 9.17) is 15.2 Å². The molecule has 2 atom stereocenters. The van der Waals surface area contributed by atoms with E-state index in [-0.39, 0.29) is 17.6 Å². The van der Waals surface area contributed by atoms with Crippen molar-refractivity contribution < 1.29 is 9.47 Å². The fraction of sp³-hybridized carbons (Fsp3) is 0.600. The van der Waals surface area contributed by atoms with E-state index in [1.165, 1.54) is 0 Å². The van der Waals surface area contributed by atoms with E-state index in [1.807, 2.05) is 38.1 Å². The van der Waals surface area contributed by atoms with Crippen LogP contribution >= 0.6 is 0 Å². The van der Waals surface area contributed by atoms with E-state index in [2.05, 4.69) is 20.8 Å². The summed E-state index contributed by atoms with van der Waals surface area (Å²) in [7, 11) is 0. The molecule has 18 heavy (non-hydrogen) atoms. The van der Waals surface area contributed by atoms with Crippen LogP contribution in [0.1, 0.15) is 34.6 Å². The summed E-state index contributed by atoms with van der Waals surface area (Å²) in [4.78, 5) is 0. The third-order valence-corrected chi connectivity index (χ3v) is 2.71. The monoisotopic (exact) mass is 251 g/mol. The largest absolute Gasteiger partial charge is 0.494 e. The average Bonchev–Trinajstić information content (AvgIpc) is 2.25. The molecule has 0 fully saturated rings. The Hall–Kier alpha value is -1.22. The molecule has 1 aromatic rings. The molecule has 0 radical (unpaired) electrons. The lowest BCUT2D eigenvalue weighted by Crippen LogP contribution is -2.45. The average molecular weight is 251 g/mol. The van der Waals surface area contributed by atoms with Crippen molar-refractivity contribution >= 4 is 0 Å². The van der Waals surface area contributed by atoms with Gasteiger partial charge in [0.15, 0.2) is 0 Å². The number of rotatable bonds is 5. The molecule has 0 spiro atoms. The highest BCUT2D eigenvalue weighted by Crippen LogP contribution is 2.28. The molecular weight excluding hydrogens is 226 g/mol. The first-order valence-electron chi connectivity index (χ1n) is 6.49. The van der Waals surface area contributed by atoms with Gasteiger partial charge in [0.1, 0.15) is 17.6 Å². The lowest BCUT2D eigenvalue weighted by atomic mass is 9.85. The van der Waals surface area contributed by atoms with Crippen LogP contribution in [0.25, 0.3) is 0 Å². The Balaban J connectivity index is 2.84. The van der Waals surface area contributed by atoms with E-state index < -0.39 is 0 Å². The zero-order valence-corrected chi connectivity index (χ0v) is 12.1. The summed E-state index contributed by atoms with van der Waals surface area (Å²) in [5, 5.41) is 0. The van der Waals surface area contributed by atoms with Gasteiger partial charge in [-0.05, 0) is 26.0 Å². The highest BCUT2D eigenvalue weighted by Gasteiger charge is 2.29.